The molecule has 80 valence electrons. The van der Waals surface area contributed by atoms with Crippen LogP contribution in [0.4, 0.5) is 0 Å². The Labute approximate surface area is 81.6 Å². The molecule has 0 atom stereocenters. The first-order valence-electron chi connectivity index (χ1n) is 4.50. The third kappa shape index (κ3) is 34.7. The van der Waals surface area contributed by atoms with Crippen molar-refractivity contribution < 1.29 is 9.90 Å². The SMILES string of the molecule is C=C.CO.NCCCCCCC=O. The first kappa shape index (κ1) is 18.2. The van der Waals surface area contributed by atoms with E-state index in [1.54, 1.807) is 0 Å². The van der Waals surface area contributed by atoms with E-state index in [4.69, 9.17) is 10.8 Å². The van der Waals surface area contributed by atoms with Gasteiger partial charge in [0.1, 0.15) is 6.29 Å². The molecule has 0 spiro atoms. The Morgan fingerprint density at radius 1 is 1.15 bits per heavy atom. The minimum absolute atomic E-state index is 0.713. The van der Waals surface area contributed by atoms with Gasteiger partial charge in [-0.05, 0) is 19.4 Å². The lowest BCUT2D eigenvalue weighted by atomic mass is 10.1. The number of unbranched alkanes of at least 4 members (excludes halogenated alkanes) is 4. The van der Waals surface area contributed by atoms with Crippen LogP contribution in [-0.2, 0) is 4.79 Å². The highest BCUT2D eigenvalue weighted by atomic mass is 16.2. The lowest BCUT2D eigenvalue weighted by Crippen LogP contribution is -1.97. The predicted octanol–water partition coefficient (Wildman–Crippen LogP) is 1.51. The molecule has 0 saturated heterocycles. The van der Waals surface area contributed by atoms with E-state index >= 15 is 0 Å². The molecule has 13 heavy (non-hydrogen) atoms. The Bertz CT molecular complexity index is 77.3. The van der Waals surface area contributed by atoms with Crippen molar-refractivity contribution in [2.75, 3.05) is 13.7 Å². The summed E-state index contributed by atoms with van der Waals surface area (Å²) in [7, 11) is 1.00. The number of aliphatic hydroxyl groups excluding tert-OH is 1. The molecule has 0 heterocycles. The van der Waals surface area contributed by atoms with Crippen LogP contribution in [0.15, 0.2) is 13.2 Å². The second-order valence-corrected chi connectivity index (χ2v) is 2.16. The van der Waals surface area contributed by atoms with Crippen LogP contribution in [0.5, 0.6) is 0 Å². The van der Waals surface area contributed by atoms with E-state index in [-0.39, 0.29) is 0 Å². The van der Waals surface area contributed by atoms with E-state index in [0.29, 0.717) is 6.42 Å². The lowest BCUT2D eigenvalue weighted by molar-refractivity contribution is -0.107. The number of carbonyl (C=O) groups excluding carboxylic acids is 1. The van der Waals surface area contributed by atoms with Gasteiger partial charge in [-0.2, -0.15) is 0 Å². The minimum atomic E-state index is 0.713. The zero-order valence-corrected chi connectivity index (χ0v) is 8.67. The molecule has 3 nitrogen and oxygen atoms in total. The van der Waals surface area contributed by atoms with Crippen LogP contribution < -0.4 is 5.73 Å². The molecule has 0 aromatic carbocycles. The van der Waals surface area contributed by atoms with Crippen molar-refractivity contribution in [2.24, 2.45) is 5.73 Å². The van der Waals surface area contributed by atoms with Gasteiger partial charge in [0.2, 0.25) is 0 Å². The van der Waals surface area contributed by atoms with Gasteiger partial charge in [0.15, 0.2) is 0 Å². The van der Waals surface area contributed by atoms with Gasteiger partial charge in [0.25, 0.3) is 0 Å². The highest BCUT2D eigenvalue weighted by Crippen LogP contribution is 1.99. The number of aldehydes is 1. The van der Waals surface area contributed by atoms with Gasteiger partial charge in [-0.15, -0.1) is 13.2 Å². The fourth-order valence-corrected chi connectivity index (χ4v) is 0.726. The molecular formula is C10H23NO2. The van der Waals surface area contributed by atoms with Gasteiger partial charge in [-0.3, -0.25) is 0 Å². The highest BCUT2D eigenvalue weighted by Gasteiger charge is 1.86. The van der Waals surface area contributed by atoms with Gasteiger partial charge >= 0.3 is 0 Å². The number of nitrogens with two attached hydrogens (primary N) is 1. The molecule has 0 aromatic rings. The van der Waals surface area contributed by atoms with Gasteiger partial charge < -0.3 is 15.6 Å². The van der Waals surface area contributed by atoms with E-state index < -0.39 is 0 Å². The van der Waals surface area contributed by atoms with Crippen molar-refractivity contribution in [3.05, 3.63) is 13.2 Å². The van der Waals surface area contributed by atoms with Crippen molar-refractivity contribution in [3.63, 3.8) is 0 Å². The van der Waals surface area contributed by atoms with Gasteiger partial charge in [-0.1, -0.05) is 12.8 Å². The molecule has 0 aliphatic carbocycles. The summed E-state index contributed by atoms with van der Waals surface area (Å²) < 4.78 is 0. The summed E-state index contributed by atoms with van der Waals surface area (Å²) in [6, 6.07) is 0. The van der Waals surface area contributed by atoms with Gasteiger partial charge in [0, 0.05) is 13.5 Å². The molecule has 0 aliphatic rings. The Balaban J connectivity index is -0.000000218. The van der Waals surface area contributed by atoms with Crippen molar-refractivity contribution >= 4 is 6.29 Å². The average molecular weight is 189 g/mol. The molecule has 3 heteroatoms. The van der Waals surface area contributed by atoms with Crippen molar-refractivity contribution in [1.82, 2.24) is 0 Å². The van der Waals surface area contributed by atoms with E-state index in [1.807, 2.05) is 0 Å². The standard InChI is InChI=1S/C7H15NO.C2H4.CH4O/c8-6-4-2-1-3-5-7-9;2*1-2/h7H,1-6,8H2;1-2H2;2H,1H3. The summed E-state index contributed by atoms with van der Waals surface area (Å²) in [5, 5.41) is 7.00. The number of hydrogen-bond acceptors (Lipinski definition) is 3. The van der Waals surface area contributed by atoms with Crippen molar-refractivity contribution in [2.45, 2.75) is 32.1 Å². The van der Waals surface area contributed by atoms with Crippen LogP contribution in [0.2, 0.25) is 0 Å². The average Bonchev–Trinajstić information content (AvgIpc) is 2.24. The maximum atomic E-state index is 9.81. The molecule has 0 radical (unpaired) electrons. The molecule has 0 saturated carbocycles. The largest absolute Gasteiger partial charge is 0.400 e. The number of aliphatic hydroxyl groups is 1. The zero-order valence-electron chi connectivity index (χ0n) is 8.67. The molecule has 0 fully saturated rings. The molecule has 0 amide bonds. The lowest BCUT2D eigenvalue weighted by Gasteiger charge is -1.93. The number of hydrogen-bond donors (Lipinski definition) is 2. The first-order valence-corrected chi connectivity index (χ1v) is 4.50. The summed E-state index contributed by atoms with van der Waals surface area (Å²) in [6.07, 6.45) is 6.13. The fraction of sp³-hybridized carbons (Fsp3) is 0.700. The Morgan fingerprint density at radius 3 is 2.00 bits per heavy atom. The summed E-state index contributed by atoms with van der Waals surface area (Å²) in [4.78, 5) is 9.81. The fourth-order valence-electron chi connectivity index (χ4n) is 0.726. The molecule has 0 bridgehead atoms. The second-order valence-electron chi connectivity index (χ2n) is 2.16. The van der Waals surface area contributed by atoms with Crippen molar-refractivity contribution in [3.8, 4) is 0 Å². The van der Waals surface area contributed by atoms with Crippen LogP contribution in [-0.4, -0.2) is 25.0 Å². The number of carbonyl (C=O) groups is 1. The predicted molar refractivity (Wildman–Crippen MR) is 57.6 cm³/mol. The molecule has 0 aromatic heterocycles. The van der Waals surface area contributed by atoms with E-state index in [1.165, 1.54) is 6.42 Å². The van der Waals surface area contributed by atoms with Crippen LogP contribution in [0.1, 0.15) is 32.1 Å². The topological polar surface area (TPSA) is 63.3 Å². The Hall–Kier alpha value is -0.670. The molecule has 0 aliphatic heterocycles. The smallest absolute Gasteiger partial charge is 0.119 e. The molecule has 0 rings (SSSR count). The quantitative estimate of drug-likeness (QED) is 0.378. The van der Waals surface area contributed by atoms with Crippen LogP contribution in [0.3, 0.4) is 0 Å². The third-order valence-corrected chi connectivity index (χ3v) is 1.28. The normalized spacial score (nSPS) is 7.31. The molecule has 0 unspecified atom stereocenters. The van der Waals surface area contributed by atoms with Crippen LogP contribution in [0, 0.1) is 0 Å². The Kier molecular flexibility index (Phi) is 42.2. The van der Waals surface area contributed by atoms with Crippen LogP contribution in [0.25, 0.3) is 0 Å². The van der Waals surface area contributed by atoms with E-state index in [0.717, 1.165) is 39.2 Å². The van der Waals surface area contributed by atoms with Gasteiger partial charge in [-0.25, -0.2) is 0 Å². The Morgan fingerprint density at radius 2 is 1.62 bits per heavy atom. The van der Waals surface area contributed by atoms with E-state index in [9.17, 15) is 4.79 Å². The minimum Gasteiger partial charge on any atom is -0.400 e. The molecular weight excluding hydrogens is 166 g/mol. The second kappa shape index (κ2) is 30.2. The molecule has 3 N–H and O–H groups in total. The van der Waals surface area contributed by atoms with E-state index in [2.05, 4.69) is 13.2 Å². The summed E-state index contributed by atoms with van der Waals surface area (Å²) in [5.41, 5.74) is 5.27. The maximum absolute atomic E-state index is 9.81. The van der Waals surface area contributed by atoms with Gasteiger partial charge in [0.05, 0.1) is 0 Å². The summed E-state index contributed by atoms with van der Waals surface area (Å²) >= 11 is 0. The number of rotatable bonds is 6. The van der Waals surface area contributed by atoms with Crippen LogP contribution >= 0.6 is 0 Å². The maximum Gasteiger partial charge on any atom is 0.119 e. The summed E-state index contributed by atoms with van der Waals surface area (Å²) in [5.74, 6) is 0. The highest BCUT2D eigenvalue weighted by molar-refractivity contribution is 5.48. The first-order chi connectivity index (χ1) is 6.41. The van der Waals surface area contributed by atoms with Crippen molar-refractivity contribution in [1.29, 1.82) is 0 Å². The monoisotopic (exact) mass is 189 g/mol. The third-order valence-electron chi connectivity index (χ3n) is 1.28. The zero-order chi connectivity index (χ0) is 10.9. The summed E-state index contributed by atoms with van der Waals surface area (Å²) in [6.45, 7) is 6.78.